The molecule has 104 valence electrons. The summed E-state index contributed by atoms with van der Waals surface area (Å²) in [6.45, 7) is 3.28. The van der Waals surface area contributed by atoms with Crippen LogP contribution in [0.5, 0.6) is 5.88 Å². The van der Waals surface area contributed by atoms with Crippen LogP contribution in [0.1, 0.15) is 12.0 Å². The Morgan fingerprint density at radius 3 is 2.58 bits per heavy atom. The van der Waals surface area contributed by atoms with Crippen molar-refractivity contribution in [2.45, 2.75) is 13.3 Å². The van der Waals surface area contributed by atoms with E-state index in [9.17, 15) is 0 Å². The van der Waals surface area contributed by atoms with Crippen LogP contribution in [0.2, 0.25) is 0 Å². The Labute approximate surface area is 120 Å². The van der Waals surface area contributed by atoms with Crippen molar-refractivity contribution < 1.29 is 4.74 Å². The van der Waals surface area contributed by atoms with E-state index < -0.39 is 0 Å². The van der Waals surface area contributed by atoms with Crippen LogP contribution < -0.4 is 10.5 Å². The highest BCUT2D eigenvalue weighted by atomic mass is 35.5. The average Bonchev–Trinajstić information content (AvgIpc) is 2.66. The number of nitrogens with two attached hydrogens (primary N) is 1. The van der Waals surface area contributed by atoms with Crippen molar-refractivity contribution in [3.8, 4) is 17.1 Å². The molecule has 1 heterocycles. The van der Waals surface area contributed by atoms with Gasteiger partial charge in [-0.2, -0.15) is 0 Å². The summed E-state index contributed by atoms with van der Waals surface area (Å²) in [4.78, 5) is 0. The first-order valence-corrected chi connectivity index (χ1v) is 6.16. The third-order valence-electron chi connectivity index (χ3n) is 2.87. The number of nitrogens with zero attached hydrogens (tertiary/aromatic N) is 2. The van der Waals surface area contributed by atoms with Crippen LogP contribution in [0.3, 0.4) is 0 Å². The lowest BCUT2D eigenvalue weighted by Crippen LogP contribution is -2.06. The Kier molecular flexibility index (Phi) is 5.86. The quantitative estimate of drug-likeness (QED) is 0.857. The Hall–Kier alpha value is -1.52. The molecule has 0 aliphatic carbocycles. The molecule has 0 radical (unpaired) electrons. The summed E-state index contributed by atoms with van der Waals surface area (Å²) in [6.07, 6.45) is 0.844. The van der Waals surface area contributed by atoms with E-state index in [4.69, 9.17) is 10.5 Å². The topological polar surface area (TPSA) is 53.1 Å². The number of benzene rings is 1. The van der Waals surface area contributed by atoms with Crippen LogP contribution in [-0.4, -0.2) is 22.9 Å². The summed E-state index contributed by atoms with van der Waals surface area (Å²) in [5.41, 5.74) is 8.77. The molecule has 0 bridgehead atoms. The molecule has 0 atom stereocenters. The highest BCUT2D eigenvalue weighted by molar-refractivity contribution is 5.85. The molecule has 1 aromatic heterocycles. The first-order chi connectivity index (χ1) is 8.74. The lowest BCUT2D eigenvalue weighted by atomic mass is 10.1. The molecule has 0 fully saturated rings. The standard InChI is InChI=1S/C14H19N3O.ClH/c1-11-13(12-7-4-3-5-8-12)17(2)16-14(11)18-10-6-9-15;/h3-5,7-8H,6,9-10,15H2,1-2H3;1H. The number of aromatic nitrogens is 2. The second-order valence-corrected chi connectivity index (χ2v) is 4.26. The summed E-state index contributed by atoms with van der Waals surface area (Å²) in [5.74, 6) is 0.699. The van der Waals surface area contributed by atoms with Crippen molar-refractivity contribution in [3.63, 3.8) is 0 Å². The lowest BCUT2D eigenvalue weighted by Gasteiger charge is -2.03. The maximum atomic E-state index is 5.65. The van der Waals surface area contributed by atoms with E-state index in [1.54, 1.807) is 0 Å². The highest BCUT2D eigenvalue weighted by Gasteiger charge is 2.14. The van der Waals surface area contributed by atoms with Gasteiger partial charge in [-0.3, -0.25) is 4.68 Å². The van der Waals surface area contributed by atoms with Crippen LogP contribution in [0.15, 0.2) is 30.3 Å². The Balaban J connectivity index is 0.00000180. The molecule has 0 aliphatic heterocycles. The molecule has 4 nitrogen and oxygen atoms in total. The zero-order valence-corrected chi connectivity index (χ0v) is 12.1. The van der Waals surface area contributed by atoms with Crippen molar-refractivity contribution in [2.24, 2.45) is 12.8 Å². The average molecular weight is 282 g/mol. The molecule has 0 unspecified atom stereocenters. The third-order valence-corrected chi connectivity index (χ3v) is 2.87. The van der Waals surface area contributed by atoms with Crippen LogP contribution in [-0.2, 0) is 7.05 Å². The monoisotopic (exact) mass is 281 g/mol. The minimum Gasteiger partial charge on any atom is -0.476 e. The maximum absolute atomic E-state index is 5.65. The van der Waals surface area contributed by atoms with Gasteiger partial charge in [-0.15, -0.1) is 17.5 Å². The summed E-state index contributed by atoms with van der Waals surface area (Å²) in [7, 11) is 1.94. The fourth-order valence-electron chi connectivity index (χ4n) is 1.99. The van der Waals surface area contributed by atoms with Gasteiger partial charge in [0, 0.05) is 18.2 Å². The SMILES string of the molecule is Cc1c(OCCCN)nn(C)c1-c1ccccc1.Cl. The first-order valence-electron chi connectivity index (χ1n) is 6.16. The van der Waals surface area contributed by atoms with Gasteiger partial charge in [0.25, 0.3) is 0 Å². The van der Waals surface area contributed by atoms with Crippen LogP contribution in [0.4, 0.5) is 0 Å². The fraction of sp³-hybridized carbons (Fsp3) is 0.357. The molecule has 0 saturated heterocycles. The zero-order valence-electron chi connectivity index (χ0n) is 11.3. The summed E-state index contributed by atoms with van der Waals surface area (Å²) >= 11 is 0. The number of rotatable bonds is 5. The minimum atomic E-state index is 0. The van der Waals surface area contributed by atoms with E-state index in [-0.39, 0.29) is 12.4 Å². The molecule has 0 aliphatic rings. The van der Waals surface area contributed by atoms with Crippen LogP contribution in [0.25, 0.3) is 11.3 Å². The van der Waals surface area contributed by atoms with Gasteiger partial charge < -0.3 is 10.5 Å². The molecular formula is C14H20ClN3O. The van der Waals surface area contributed by atoms with Gasteiger partial charge in [0.1, 0.15) is 0 Å². The van der Waals surface area contributed by atoms with Crippen molar-refractivity contribution >= 4 is 12.4 Å². The van der Waals surface area contributed by atoms with Gasteiger partial charge in [-0.25, -0.2) is 0 Å². The smallest absolute Gasteiger partial charge is 0.236 e. The molecule has 0 amide bonds. The van der Waals surface area contributed by atoms with Crippen LogP contribution >= 0.6 is 12.4 Å². The highest BCUT2D eigenvalue weighted by Crippen LogP contribution is 2.28. The predicted octanol–water partition coefficient (Wildman–Crippen LogP) is 2.54. The van der Waals surface area contributed by atoms with E-state index in [1.165, 1.54) is 0 Å². The van der Waals surface area contributed by atoms with E-state index in [0.717, 1.165) is 23.2 Å². The van der Waals surface area contributed by atoms with Crippen molar-refractivity contribution in [1.82, 2.24) is 9.78 Å². The Bertz CT molecular complexity index is 511. The molecule has 2 rings (SSSR count). The van der Waals surface area contributed by atoms with E-state index in [1.807, 2.05) is 36.9 Å². The van der Waals surface area contributed by atoms with Gasteiger partial charge in [0.15, 0.2) is 0 Å². The van der Waals surface area contributed by atoms with E-state index in [2.05, 4.69) is 17.2 Å². The number of hydrogen-bond acceptors (Lipinski definition) is 3. The minimum absolute atomic E-state index is 0. The summed E-state index contributed by atoms with van der Waals surface area (Å²) < 4.78 is 7.51. The molecule has 0 saturated carbocycles. The fourth-order valence-corrected chi connectivity index (χ4v) is 1.99. The van der Waals surface area contributed by atoms with Crippen molar-refractivity contribution in [2.75, 3.05) is 13.2 Å². The summed E-state index contributed by atoms with van der Waals surface area (Å²) in [6, 6.07) is 10.2. The van der Waals surface area contributed by atoms with Crippen LogP contribution in [0, 0.1) is 6.92 Å². The molecular weight excluding hydrogens is 262 g/mol. The molecule has 2 N–H and O–H groups in total. The Morgan fingerprint density at radius 1 is 1.26 bits per heavy atom. The van der Waals surface area contributed by atoms with Crippen molar-refractivity contribution in [1.29, 1.82) is 0 Å². The van der Waals surface area contributed by atoms with E-state index >= 15 is 0 Å². The normalized spacial score (nSPS) is 10.1. The number of hydrogen-bond donors (Lipinski definition) is 1. The second kappa shape index (κ2) is 7.16. The Morgan fingerprint density at radius 2 is 1.95 bits per heavy atom. The van der Waals surface area contributed by atoms with Gasteiger partial charge >= 0.3 is 0 Å². The van der Waals surface area contributed by atoms with Gasteiger partial charge in [0.2, 0.25) is 5.88 Å². The molecule has 1 aromatic carbocycles. The summed E-state index contributed by atoms with van der Waals surface area (Å²) in [5, 5.41) is 4.41. The van der Waals surface area contributed by atoms with Crippen molar-refractivity contribution in [3.05, 3.63) is 35.9 Å². The molecule has 19 heavy (non-hydrogen) atoms. The zero-order chi connectivity index (χ0) is 13.0. The largest absolute Gasteiger partial charge is 0.476 e. The van der Waals surface area contributed by atoms with Gasteiger partial charge in [0.05, 0.1) is 12.3 Å². The lowest BCUT2D eigenvalue weighted by molar-refractivity contribution is 0.297. The van der Waals surface area contributed by atoms with E-state index in [0.29, 0.717) is 19.0 Å². The third kappa shape index (κ3) is 3.49. The van der Waals surface area contributed by atoms with Gasteiger partial charge in [-0.1, -0.05) is 30.3 Å². The molecule has 5 heteroatoms. The number of halogens is 1. The maximum Gasteiger partial charge on any atom is 0.236 e. The number of aryl methyl sites for hydroxylation is 1. The predicted molar refractivity (Wildman–Crippen MR) is 79.8 cm³/mol. The number of ether oxygens (including phenoxy) is 1. The first kappa shape index (κ1) is 15.5. The molecule has 0 spiro atoms. The van der Waals surface area contributed by atoms with Gasteiger partial charge in [-0.05, 0) is 19.9 Å². The second-order valence-electron chi connectivity index (χ2n) is 4.26. The molecule has 2 aromatic rings.